The number of hydrogen-bond donors (Lipinski definition) is 0. The third kappa shape index (κ3) is 3.58. The lowest BCUT2D eigenvalue weighted by atomic mass is 9.48. The first kappa shape index (κ1) is 24.4. The lowest BCUT2D eigenvalue weighted by molar-refractivity contribution is -0.168. The number of nitrogens with zero attached hydrogens (tertiary/aromatic N) is 1. The van der Waals surface area contributed by atoms with Gasteiger partial charge in [-0.05, 0) is 105 Å². The SMILES string of the molecule is CN(C)c1ccc(C2C[C@@]3(C)C(CC[C@]3(C)C3COC(C)(C)O3)C3CCC4=CC(=O)CCC4=C23)cc1. The molecule has 1 aromatic rings. The van der Waals surface area contributed by atoms with Crippen LogP contribution in [0, 0.1) is 22.7 Å². The maximum atomic E-state index is 12.3. The highest BCUT2D eigenvalue weighted by Gasteiger charge is 2.65. The summed E-state index contributed by atoms with van der Waals surface area (Å²) < 4.78 is 12.7. The van der Waals surface area contributed by atoms with Crippen LogP contribution in [0.2, 0.25) is 0 Å². The van der Waals surface area contributed by atoms with E-state index >= 15 is 0 Å². The Labute approximate surface area is 217 Å². The minimum atomic E-state index is -0.496. The summed E-state index contributed by atoms with van der Waals surface area (Å²) in [4.78, 5) is 14.5. The van der Waals surface area contributed by atoms with Gasteiger partial charge in [0.2, 0.25) is 0 Å². The predicted octanol–water partition coefficient (Wildman–Crippen LogP) is 6.81. The molecule has 6 atom stereocenters. The first-order valence-corrected chi connectivity index (χ1v) is 14.1. The molecule has 194 valence electrons. The largest absolute Gasteiger partial charge is 0.378 e. The summed E-state index contributed by atoms with van der Waals surface area (Å²) in [5.74, 6) is 1.47. The first-order chi connectivity index (χ1) is 17.0. The van der Waals surface area contributed by atoms with E-state index in [2.05, 4.69) is 71.0 Å². The van der Waals surface area contributed by atoms with E-state index < -0.39 is 5.79 Å². The second kappa shape index (κ2) is 8.30. The molecule has 6 rings (SSSR count). The summed E-state index contributed by atoms with van der Waals surface area (Å²) in [6.45, 7) is 9.89. The van der Waals surface area contributed by atoms with Crippen molar-refractivity contribution in [3.8, 4) is 0 Å². The molecular weight excluding hydrogens is 446 g/mol. The fourth-order valence-electron chi connectivity index (χ4n) is 8.77. The second-order valence-electron chi connectivity index (χ2n) is 13.3. The van der Waals surface area contributed by atoms with Crippen LogP contribution in [0.3, 0.4) is 0 Å². The summed E-state index contributed by atoms with van der Waals surface area (Å²) in [6.07, 6.45) is 9.55. The van der Waals surface area contributed by atoms with E-state index in [9.17, 15) is 4.79 Å². The average Bonchev–Trinajstić information content (AvgIpc) is 3.35. The summed E-state index contributed by atoms with van der Waals surface area (Å²) >= 11 is 0. The topological polar surface area (TPSA) is 38.8 Å². The maximum absolute atomic E-state index is 12.3. The van der Waals surface area contributed by atoms with E-state index in [1.54, 1.807) is 5.57 Å². The molecule has 5 aliphatic rings. The molecule has 1 aliphatic heterocycles. The molecule has 1 heterocycles. The van der Waals surface area contributed by atoms with Gasteiger partial charge in [0, 0.05) is 37.5 Å². The Morgan fingerprint density at radius 1 is 0.944 bits per heavy atom. The Morgan fingerprint density at radius 2 is 1.69 bits per heavy atom. The van der Waals surface area contributed by atoms with Crippen molar-refractivity contribution in [1.82, 2.24) is 0 Å². The zero-order valence-corrected chi connectivity index (χ0v) is 23.0. The van der Waals surface area contributed by atoms with Gasteiger partial charge in [0.05, 0.1) is 12.7 Å². The molecule has 0 N–H and O–H groups in total. The van der Waals surface area contributed by atoms with E-state index in [-0.39, 0.29) is 16.9 Å². The molecule has 4 heteroatoms. The van der Waals surface area contributed by atoms with Crippen molar-refractivity contribution >= 4 is 11.5 Å². The number of rotatable bonds is 3. The van der Waals surface area contributed by atoms with Gasteiger partial charge in [-0.2, -0.15) is 0 Å². The number of benzene rings is 1. The quantitative estimate of drug-likeness (QED) is 0.467. The molecule has 1 aromatic carbocycles. The maximum Gasteiger partial charge on any atom is 0.163 e. The Bertz CT molecular complexity index is 1130. The van der Waals surface area contributed by atoms with E-state index in [1.165, 1.54) is 41.7 Å². The van der Waals surface area contributed by atoms with Crippen LogP contribution in [0.25, 0.3) is 0 Å². The van der Waals surface area contributed by atoms with Crippen molar-refractivity contribution in [1.29, 1.82) is 0 Å². The molecule has 4 nitrogen and oxygen atoms in total. The van der Waals surface area contributed by atoms with E-state index in [0.717, 1.165) is 19.3 Å². The highest BCUT2D eigenvalue weighted by molar-refractivity contribution is 5.93. The number of allylic oxidation sites excluding steroid dienone is 4. The van der Waals surface area contributed by atoms with Crippen molar-refractivity contribution < 1.29 is 14.3 Å². The fraction of sp³-hybridized carbons (Fsp3) is 0.656. The Balaban J connectivity index is 1.46. The van der Waals surface area contributed by atoms with Gasteiger partial charge in [-0.3, -0.25) is 4.79 Å². The molecule has 4 aliphatic carbocycles. The molecule has 0 spiro atoms. The highest BCUT2D eigenvalue weighted by Crippen LogP contribution is 2.71. The number of carbonyl (C=O) groups excluding carboxylic acids is 1. The molecule has 2 saturated carbocycles. The van der Waals surface area contributed by atoms with Gasteiger partial charge >= 0.3 is 0 Å². The summed E-state index contributed by atoms with van der Waals surface area (Å²) in [5, 5.41) is 0. The Morgan fingerprint density at radius 3 is 2.36 bits per heavy atom. The van der Waals surface area contributed by atoms with Crippen molar-refractivity contribution in [2.75, 3.05) is 25.6 Å². The minimum Gasteiger partial charge on any atom is -0.378 e. The van der Waals surface area contributed by atoms with Crippen LogP contribution in [0.4, 0.5) is 5.69 Å². The van der Waals surface area contributed by atoms with Gasteiger partial charge in [-0.25, -0.2) is 0 Å². The van der Waals surface area contributed by atoms with Crippen LogP contribution in [0.5, 0.6) is 0 Å². The van der Waals surface area contributed by atoms with E-state index in [1.807, 2.05) is 6.08 Å². The van der Waals surface area contributed by atoms with Gasteiger partial charge in [0.15, 0.2) is 11.6 Å². The number of ketones is 1. The van der Waals surface area contributed by atoms with Crippen LogP contribution in [-0.2, 0) is 14.3 Å². The number of anilines is 1. The summed E-state index contributed by atoms with van der Waals surface area (Å²) in [6, 6.07) is 9.28. The molecular formula is C32H43NO3. The summed E-state index contributed by atoms with van der Waals surface area (Å²) in [5.41, 5.74) is 7.48. The first-order valence-electron chi connectivity index (χ1n) is 14.1. The Kier molecular flexibility index (Phi) is 5.63. The van der Waals surface area contributed by atoms with Gasteiger partial charge in [0.1, 0.15) is 0 Å². The third-order valence-electron chi connectivity index (χ3n) is 10.9. The third-order valence-corrected chi connectivity index (χ3v) is 10.9. The van der Waals surface area contributed by atoms with Crippen LogP contribution in [0.15, 0.2) is 47.1 Å². The standard InChI is InChI=1S/C32H43NO3/c1-30(2)35-19-28(36-30)31(3)16-15-27-25-13-9-21-17-23(34)12-14-24(21)29(25)26(18-32(27,31)4)20-7-10-22(11-8-20)33(5)6/h7-8,10-11,17,25-28H,9,12-16,18-19H2,1-6H3/t25?,26?,27?,28?,31-,32+/m1/s1. The number of hydrogen-bond acceptors (Lipinski definition) is 4. The average molecular weight is 490 g/mol. The molecule has 1 saturated heterocycles. The van der Waals surface area contributed by atoms with E-state index in [4.69, 9.17) is 9.47 Å². The van der Waals surface area contributed by atoms with Gasteiger partial charge in [-0.15, -0.1) is 0 Å². The number of fused-ring (bicyclic) bond motifs is 4. The minimum absolute atomic E-state index is 0.0854. The van der Waals surface area contributed by atoms with Crippen molar-refractivity contribution in [3.05, 3.63) is 52.6 Å². The van der Waals surface area contributed by atoms with Crippen LogP contribution in [-0.4, -0.2) is 38.4 Å². The van der Waals surface area contributed by atoms with Crippen LogP contribution < -0.4 is 4.90 Å². The van der Waals surface area contributed by atoms with Gasteiger partial charge in [-0.1, -0.05) is 31.6 Å². The number of carbonyl (C=O) groups is 1. The molecule has 36 heavy (non-hydrogen) atoms. The highest BCUT2D eigenvalue weighted by atomic mass is 16.7. The lowest BCUT2D eigenvalue weighted by Crippen LogP contribution is -2.52. The van der Waals surface area contributed by atoms with Gasteiger partial charge < -0.3 is 14.4 Å². The fourth-order valence-corrected chi connectivity index (χ4v) is 8.77. The molecule has 0 amide bonds. The van der Waals surface area contributed by atoms with E-state index in [0.29, 0.717) is 36.6 Å². The molecule has 0 aromatic heterocycles. The molecule has 0 radical (unpaired) electrons. The van der Waals surface area contributed by atoms with Crippen molar-refractivity contribution in [2.24, 2.45) is 22.7 Å². The summed E-state index contributed by atoms with van der Waals surface area (Å²) in [7, 11) is 4.21. The normalized spacial score (nSPS) is 39.4. The smallest absolute Gasteiger partial charge is 0.163 e. The molecule has 3 fully saturated rings. The zero-order valence-electron chi connectivity index (χ0n) is 23.0. The van der Waals surface area contributed by atoms with Crippen molar-refractivity contribution in [3.63, 3.8) is 0 Å². The monoisotopic (exact) mass is 489 g/mol. The molecule has 4 unspecified atom stereocenters. The van der Waals surface area contributed by atoms with Crippen LogP contribution >= 0.6 is 0 Å². The Hall–Kier alpha value is -1.91. The van der Waals surface area contributed by atoms with Gasteiger partial charge in [0.25, 0.3) is 0 Å². The number of ether oxygens (including phenoxy) is 2. The second-order valence-corrected chi connectivity index (χ2v) is 13.3. The predicted molar refractivity (Wildman–Crippen MR) is 144 cm³/mol. The van der Waals surface area contributed by atoms with Crippen LogP contribution in [0.1, 0.15) is 84.1 Å². The molecule has 0 bridgehead atoms. The van der Waals surface area contributed by atoms with Crippen molar-refractivity contribution in [2.45, 2.75) is 90.4 Å². The zero-order chi connectivity index (χ0) is 25.5. The lowest BCUT2D eigenvalue weighted by Gasteiger charge is -2.56.